The summed E-state index contributed by atoms with van der Waals surface area (Å²) in [5.41, 5.74) is 0. The molecule has 0 amide bonds. The summed E-state index contributed by atoms with van der Waals surface area (Å²) < 4.78 is 2.09. The van der Waals surface area contributed by atoms with Crippen LogP contribution in [0.3, 0.4) is 0 Å². The van der Waals surface area contributed by atoms with E-state index in [9.17, 15) is 0 Å². The van der Waals surface area contributed by atoms with Crippen LogP contribution in [0.1, 0.15) is 45.4 Å². The Labute approximate surface area is 97.5 Å². The minimum atomic E-state index is 0.601. The van der Waals surface area contributed by atoms with E-state index >= 15 is 0 Å². The van der Waals surface area contributed by atoms with Crippen LogP contribution < -0.4 is 5.32 Å². The number of nitrogens with one attached hydrogen (secondary N) is 1. The number of hydrogen-bond acceptors (Lipinski definition) is 3. The Balaban J connectivity index is 1.82. The van der Waals surface area contributed by atoms with Crippen LogP contribution in [0, 0.1) is 5.92 Å². The second kappa shape index (κ2) is 5.43. The van der Waals surface area contributed by atoms with Gasteiger partial charge in [0.15, 0.2) is 0 Å². The molecule has 4 heteroatoms. The van der Waals surface area contributed by atoms with E-state index in [-0.39, 0.29) is 0 Å². The van der Waals surface area contributed by atoms with Crippen molar-refractivity contribution in [1.82, 2.24) is 20.1 Å². The summed E-state index contributed by atoms with van der Waals surface area (Å²) in [6.45, 7) is 6.20. The van der Waals surface area contributed by atoms with Crippen molar-refractivity contribution in [2.24, 2.45) is 5.92 Å². The van der Waals surface area contributed by atoms with Gasteiger partial charge in [0.2, 0.25) is 0 Å². The molecule has 0 saturated heterocycles. The Morgan fingerprint density at radius 2 is 2.25 bits per heavy atom. The summed E-state index contributed by atoms with van der Waals surface area (Å²) in [5.74, 6) is 1.91. The van der Waals surface area contributed by atoms with Crippen molar-refractivity contribution in [2.75, 3.05) is 0 Å². The van der Waals surface area contributed by atoms with Crippen LogP contribution in [-0.4, -0.2) is 20.8 Å². The molecule has 2 rings (SSSR count). The summed E-state index contributed by atoms with van der Waals surface area (Å²) in [6, 6.07) is 0.601. The lowest BCUT2D eigenvalue weighted by Gasteiger charge is -2.20. The monoisotopic (exact) mass is 222 g/mol. The van der Waals surface area contributed by atoms with Gasteiger partial charge in [-0.1, -0.05) is 12.8 Å². The highest BCUT2D eigenvalue weighted by atomic mass is 15.3. The first-order valence-corrected chi connectivity index (χ1v) is 6.41. The number of rotatable bonds is 5. The third-order valence-electron chi connectivity index (χ3n) is 3.73. The summed E-state index contributed by atoms with van der Waals surface area (Å²) in [6.07, 6.45) is 7.38. The fraction of sp³-hybridized carbons (Fsp3) is 0.833. The summed E-state index contributed by atoms with van der Waals surface area (Å²) in [5, 5.41) is 11.7. The molecule has 90 valence electrons. The van der Waals surface area contributed by atoms with Crippen LogP contribution >= 0.6 is 0 Å². The fourth-order valence-electron chi connectivity index (χ4n) is 2.56. The van der Waals surface area contributed by atoms with Gasteiger partial charge in [-0.2, -0.15) is 0 Å². The highest BCUT2D eigenvalue weighted by Crippen LogP contribution is 2.27. The lowest BCUT2D eigenvalue weighted by Crippen LogP contribution is -2.32. The molecule has 0 aromatic carbocycles. The fourth-order valence-corrected chi connectivity index (χ4v) is 2.56. The molecule has 1 atom stereocenters. The van der Waals surface area contributed by atoms with Crippen LogP contribution in [0.2, 0.25) is 0 Å². The van der Waals surface area contributed by atoms with Crippen LogP contribution in [0.25, 0.3) is 0 Å². The lowest BCUT2D eigenvalue weighted by atomic mass is 10.00. The summed E-state index contributed by atoms with van der Waals surface area (Å²) in [4.78, 5) is 0. The van der Waals surface area contributed by atoms with E-state index in [4.69, 9.17) is 0 Å². The first-order valence-electron chi connectivity index (χ1n) is 6.41. The van der Waals surface area contributed by atoms with Crippen molar-refractivity contribution in [3.8, 4) is 0 Å². The summed E-state index contributed by atoms with van der Waals surface area (Å²) in [7, 11) is 0. The maximum atomic E-state index is 4.14. The second-order valence-corrected chi connectivity index (χ2v) is 4.75. The molecule has 0 radical (unpaired) electrons. The molecular formula is C12H22N4. The Morgan fingerprint density at radius 3 is 2.94 bits per heavy atom. The molecule has 16 heavy (non-hydrogen) atoms. The third-order valence-corrected chi connectivity index (χ3v) is 3.73. The average molecular weight is 222 g/mol. The molecule has 0 bridgehead atoms. The predicted octanol–water partition coefficient (Wildman–Crippen LogP) is 1.97. The van der Waals surface area contributed by atoms with Crippen molar-refractivity contribution in [3.63, 3.8) is 0 Å². The van der Waals surface area contributed by atoms with E-state index in [0.717, 1.165) is 24.8 Å². The van der Waals surface area contributed by atoms with E-state index in [1.165, 1.54) is 25.7 Å². The topological polar surface area (TPSA) is 42.7 Å². The largest absolute Gasteiger partial charge is 0.317 e. The van der Waals surface area contributed by atoms with Gasteiger partial charge in [-0.3, -0.25) is 0 Å². The standard InChI is InChI=1S/C12H22N4/c1-3-16-9-14-15-12(16)8-13-10(2)11-6-4-5-7-11/h9-11,13H,3-8H2,1-2H3. The van der Waals surface area contributed by atoms with E-state index in [1.807, 2.05) is 0 Å². The summed E-state index contributed by atoms with van der Waals surface area (Å²) >= 11 is 0. The zero-order valence-corrected chi connectivity index (χ0v) is 10.3. The molecule has 1 unspecified atom stereocenters. The maximum absolute atomic E-state index is 4.14. The van der Waals surface area contributed by atoms with Crippen LogP contribution in [0.5, 0.6) is 0 Å². The first kappa shape index (κ1) is 11.6. The Bertz CT molecular complexity index is 315. The highest BCUT2D eigenvalue weighted by molar-refractivity contribution is 4.86. The zero-order valence-electron chi connectivity index (χ0n) is 10.3. The van der Waals surface area contributed by atoms with Gasteiger partial charge < -0.3 is 9.88 Å². The highest BCUT2D eigenvalue weighted by Gasteiger charge is 2.21. The van der Waals surface area contributed by atoms with Gasteiger partial charge in [-0.05, 0) is 32.6 Å². The lowest BCUT2D eigenvalue weighted by molar-refractivity contribution is 0.374. The van der Waals surface area contributed by atoms with Gasteiger partial charge in [-0.15, -0.1) is 10.2 Å². The molecule has 1 aromatic rings. The van der Waals surface area contributed by atoms with Crippen molar-refractivity contribution >= 4 is 0 Å². The smallest absolute Gasteiger partial charge is 0.146 e. The van der Waals surface area contributed by atoms with Crippen molar-refractivity contribution in [3.05, 3.63) is 12.2 Å². The van der Waals surface area contributed by atoms with Gasteiger partial charge in [0.25, 0.3) is 0 Å². The number of aryl methyl sites for hydroxylation is 1. The third kappa shape index (κ3) is 2.61. The normalized spacial score (nSPS) is 19.1. The van der Waals surface area contributed by atoms with Gasteiger partial charge in [0, 0.05) is 12.6 Å². The number of hydrogen-bond donors (Lipinski definition) is 1. The molecule has 1 aromatic heterocycles. The van der Waals surface area contributed by atoms with Gasteiger partial charge in [-0.25, -0.2) is 0 Å². The molecule has 1 fully saturated rings. The quantitative estimate of drug-likeness (QED) is 0.828. The van der Waals surface area contributed by atoms with Crippen LogP contribution in [-0.2, 0) is 13.1 Å². The molecule has 1 aliphatic rings. The van der Waals surface area contributed by atoms with E-state index in [0.29, 0.717) is 6.04 Å². The maximum Gasteiger partial charge on any atom is 0.146 e. The number of nitrogens with zero attached hydrogens (tertiary/aromatic N) is 3. The Morgan fingerprint density at radius 1 is 1.50 bits per heavy atom. The average Bonchev–Trinajstić information content (AvgIpc) is 2.96. The Kier molecular flexibility index (Phi) is 3.93. The SMILES string of the molecule is CCn1cnnc1CNC(C)C1CCCC1. The molecule has 0 aliphatic heterocycles. The molecule has 4 nitrogen and oxygen atoms in total. The van der Waals surface area contributed by atoms with Gasteiger partial charge in [0.1, 0.15) is 12.2 Å². The minimum absolute atomic E-state index is 0.601. The van der Waals surface area contributed by atoms with E-state index in [2.05, 4.69) is 33.9 Å². The second-order valence-electron chi connectivity index (χ2n) is 4.75. The van der Waals surface area contributed by atoms with Crippen molar-refractivity contribution in [2.45, 2.75) is 58.7 Å². The molecular weight excluding hydrogens is 200 g/mol. The molecule has 1 saturated carbocycles. The van der Waals surface area contributed by atoms with Gasteiger partial charge in [0.05, 0.1) is 6.54 Å². The molecule has 0 spiro atoms. The molecule has 1 heterocycles. The predicted molar refractivity (Wildman–Crippen MR) is 64.0 cm³/mol. The number of aromatic nitrogens is 3. The van der Waals surface area contributed by atoms with Gasteiger partial charge >= 0.3 is 0 Å². The minimum Gasteiger partial charge on any atom is -0.317 e. The molecule has 1 N–H and O–H groups in total. The molecule has 1 aliphatic carbocycles. The van der Waals surface area contributed by atoms with E-state index in [1.54, 1.807) is 6.33 Å². The van der Waals surface area contributed by atoms with E-state index < -0.39 is 0 Å². The van der Waals surface area contributed by atoms with Crippen LogP contribution in [0.4, 0.5) is 0 Å². The van der Waals surface area contributed by atoms with Crippen molar-refractivity contribution < 1.29 is 0 Å². The Hall–Kier alpha value is -0.900. The van der Waals surface area contributed by atoms with Crippen molar-refractivity contribution in [1.29, 1.82) is 0 Å². The van der Waals surface area contributed by atoms with Crippen LogP contribution in [0.15, 0.2) is 6.33 Å². The zero-order chi connectivity index (χ0) is 11.4. The first-order chi connectivity index (χ1) is 7.81.